The molecule has 0 spiro atoms. The number of nitrogens with zero attached hydrogens (tertiary/aromatic N) is 1. The van der Waals surface area contributed by atoms with Crippen LogP contribution in [0.4, 0.5) is 0 Å². The van der Waals surface area contributed by atoms with Crippen molar-refractivity contribution >= 4 is 29.1 Å². The minimum absolute atomic E-state index is 0.0810. The van der Waals surface area contributed by atoms with Gasteiger partial charge in [0.25, 0.3) is 0 Å². The van der Waals surface area contributed by atoms with E-state index in [4.69, 9.17) is 5.11 Å². The lowest BCUT2D eigenvalue weighted by molar-refractivity contribution is -0.142. The molecule has 0 radical (unpaired) electrons. The summed E-state index contributed by atoms with van der Waals surface area (Å²) in [6, 6.07) is 3.27. The molecule has 2 heterocycles. The summed E-state index contributed by atoms with van der Waals surface area (Å²) in [5.74, 6) is -1.36. The van der Waals surface area contributed by atoms with Crippen LogP contribution in [0, 0.1) is 11.8 Å². The van der Waals surface area contributed by atoms with Gasteiger partial charge in [0.2, 0.25) is 11.8 Å². The molecular weight excluding hydrogens is 340 g/mol. The van der Waals surface area contributed by atoms with Crippen molar-refractivity contribution in [1.29, 1.82) is 0 Å². The number of carbonyl (C=O) groups excluding carboxylic acids is 2. The van der Waals surface area contributed by atoms with Gasteiger partial charge in [0.15, 0.2) is 0 Å². The van der Waals surface area contributed by atoms with Gasteiger partial charge in [0, 0.05) is 29.8 Å². The summed E-state index contributed by atoms with van der Waals surface area (Å²) in [7, 11) is 0. The van der Waals surface area contributed by atoms with E-state index in [1.807, 2.05) is 4.90 Å². The first-order valence-electron chi connectivity index (χ1n) is 8.95. The molecule has 3 rings (SSSR count). The van der Waals surface area contributed by atoms with Crippen molar-refractivity contribution < 1.29 is 19.5 Å². The molecule has 25 heavy (non-hydrogen) atoms. The molecule has 2 atom stereocenters. The number of hydrogen-bond donors (Lipinski definition) is 2. The highest BCUT2D eigenvalue weighted by Crippen LogP contribution is 2.32. The molecule has 2 amide bonds. The van der Waals surface area contributed by atoms with Crippen LogP contribution in [0.1, 0.15) is 53.1 Å². The number of amides is 2. The van der Waals surface area contributed by atoms with Crippen molar-refractivity contribution in [2.45, 2.75) is 45.1 Å². The number of carboxylic acid groups (broad SMARTS) is 1. The maximum atomic E-state index is 12.8. The Morgan fingerprint density at radius 1 is 1.08 bits per heavy atom. The molecule has 6 nitrogen and oxygen atoms in total. The molecule has 1 aromatic rings. The van der Waals surface area contributed by atoms with E-state index >= 15 is 0 Å². The van der Waals surface area contributed by atoms with E-state index < -0.39 is 5.97 Å². The van der Waals surface area contributed by atoms with Gasteiger partial charge < -0.3 is 15.3 Å². The number of carbonyl (C=O) groups is 3. The fourth-order valence-corrected chi connectivity index (χ4v) is 4.59. The predicted octanol–water partition coefficient (Wildman–Crippen LogP) is 2.49. The average molecular weight is 364 g/mol. The van der Waals surface area contributed by atoms with Crippen LogP contribution in [0.5, 0.6) is 0 Å². The number of carboxylic acids is 1. The first kappa shape index (κ1) is 17.9. The molecule has 0 bridgehead atoms. The highest BCUT2D eigenvalue weighted by atomic mass is 32.1. The Labute approximate surface area is 151 Å². The molecule has 2 N–H and O–H groups in total. The van der Waals surface area contributed by atoms with Crippen LogP contribution in [0.15, 0.2) is 12.1 Å². The second kappa shape index (κ2) is 7.99. The van der Waals surface area contributed by atoms with Crippen molar-refractivity contribution in [3.05, 3.63) is 21.9 Å². The Bertz CT molecular complexity index is 651. The summed E-state index contributed by atoms with van der Waals surface area (Å²) < 4.78 is 0. The molecule has 1 saturated carbocycles. The average Bonchev–Trinajstić information content (AvgIpc) is 3.30. The predicted molar refractivity (Wildman–Crippen MR) is 94.4 cm³/mol. The zero-order chi connectivity index (χ0) is 17.8. The highest BCUT2D eigenvalue weighted by molar-refractivity contribution is 7.13. The van der Waals surface area contributed by atoms with Crippen molar-refractivity contribution in [2.75, 3.05) is 13.1 Å². The van der Waals surface area contributed by atoms with Crippen LogP contribution in [0.2, 0.25) is 0 Å². The molecular formula is C18H24N2O4S. The van der Waals surface area contributed by atoms with Gasteiger partial charge in [-0.1, -0.05) is 12.8 Å². The zero-order valence-corrected chi connectivity index (χ0v) is 15.0. The first-order valence-corrected chi connectivity index (χ1v) is 9.76. The minimum Gasteiger partial charge on any atom is -0.477 e. The van der Waals surface area contributed by atoms with Gasteiger partial charge in [-0.3, -0.25) is 9.59 Å². The fraction of sp³-hybridized carbons (Fsp3) is 0.611. The molecule has 7 heteroatoms. The molecule has 0 aromatic carbocycles. The smallest absolute Gasteiger partial charge is 0.345 e. The Balaban J connectivity index is 1.59. The third kappa shape index (κ3) is 4.21. The second-order valence-electron chi connectivity index (χ2n) is 6.82. The summed E-state index contributed by atoms with van der Waals surface area (Å²) in [5.41, 5.74) is 0. The van der Waals surface area contributed by atoms with Crippen LogP contribution in [0.3, 0.4) is 0 Å². The maximum absolute atomic E-state index is 12.8. The van der Waals surface area contributed by atoms with Crippen molar-refractivity contribution in [3.63, 3.8) is 0 Å². The number of rotatable bonds is 5. The summed E-state index contributed by atoms with van der Waals surface area (Å²) in [6.07, 6.45) is 5.63. The summed E-state index contributed by atoms with van der Waals surface area (Å²) >= 11 is 1.17. The zero-order valence-electron chi connectivity index (χ0n) is 14.2. The Morgan fingerprint density at radius 2 is 1.76 bits per heavy atom. The first-order chi connectivity index (χ1) is 12.1. The van der Waals surface area contributed by atoms with Gasteiger partial charge in [0.1, 0.15) is 4.88 Å². The topological polar surface area (TPSA) is 86.7 Å². The minimum atomic E-state index is -0.953. The van der Waals surface area contributed by atoms with Crippen molar-refractivity contribution in [3.8, 4) is 0 Å². The van der Waals surface area contributed by atoms with E-state index in [2.05, 4.69) is 5.32 Å². The van der Waals surface area contributed by atoms with Crippen molar-refractivity contribution in [1.82, 2.24) is 10.2 Å². The number of aromatic carboxylic acids is 1. The molecule has 2 fully saturated rings. The Morgan fingerprint density at radius 3 is 2.40 bits per heavy atom. The fourth-order valence-electron chi connectivity index (χ4n) is 3.81. The van der Waals surface area contributed by atoms with Gasteiger partial charge >= 0.3 is 5.97 Å². The van der Waals surface area contributed by atoms with Crippen LogP contribution >= 0.6 is 11.3 Å². The lowest BCUT2D eigenvalue weighted by atomic mass is 9.78. The lowest BCUT2D eigenvalue weighted by Crippen LogP contribution is -2.44. The standard InChI is InChI=1S/C18H24N2O4S/c21-16(19-11-12-7-8-15(25-12)18(23)24)13-5-1-2-6-14(13)17(22)20-9-3-4-10-20/h7-8,13-14H,1-6,9-11H2,(H,19,21)(H,23,24). The number of likely N-dealkylation sites (tertiary alicyclic amines) is 1. The Kier molecular flexibility index (Phi) is 5.73. The van der Waals surface area contributed by atoms with Gasteiger partial charge in [-0.2, -0.15) is 0 Å². The van der Waals surface area contributed by atoms with Crippen LogP contribution < -0.4 is 5.32 Å². The normalized spacial score (nSPS) is 23.4. The van der Waals surface area contributed by atoms with Gasteiger partial charge in [0.05, 0.1) is 6.54 Å². The van der Waals surface area contributed by atoms with E-state index in [-0.39, 0.29) is 28.5 Å². The lowest BCUT2D eigenvalue weighted by Gasteiger charge is -2.32. The SMILES string of the molecule is O=C(O)c1ccc(CNC(=O)C2CCCCC2C(=O)N2CCCC2)s1. The molecule has 1 aliphatic heterocycles. The second-order valence-corrected chi connectivity index (χ2v) is 7.99. The molecule has 1 aromatic heterocycles. The quantitative estimate of drug-likeness (QED) is 0.840. The molecule has 2 unspecified atom stereocenters. The molecule has 1 saturated heterocycles. The van der Waals surface area contributed by atoms with E-state index in [1.165, 1.54) is 11.3 Å². The van der Waals surface area contributed by atoms with Gasteiger partial charge in [-0.25, -0.2) is 4.79 Å². The van der Waals surface area contributed by atoms with Gasteiger partial charge in [-0.15, -0.1) is 11.3 Å². The van der Waals surface area contributed by atoms with Crippen molar-refractivity contribution in [2.24, 2.45) is 11.8 Å². The van der Waals surface area contributed by atoms with Gasteiger partial charge in [-0.05, 0) is 37.8 Å². The molecule has 1 aliphatic carbocycles. The summed E-state index contributed by atoms with van der Waals surface area (Å²) in [6.45, 7) is 1.95. The Hall–Kier alpha value is -1.89. The molecule has 136 valence electrons. The largest absolute Gasteiger partial charge is 0.477 e. The number of thiophene rings is 1. The maximum Gasteiger partial charge on any atom is 0.345 e. The molecule has 2 aliphatic rings. The van der Waals surface area contributed by atoms with E-state index in [1.54, 1.807) is 12.1 Å². The summed E-state index contributed by atoms with van der Waals surface area (Å²) in [4.78, 5) is 39.3. The number of hydrogen-bond acceptors (Lipinski definition) is 4. The monoisotopic (exact) mass is 364 g/mol. The van der Waals surface area contributed by atoms with Crippen LogP contribution in [-0.2, 0) is 16.1 Å². The highest BCUT2D eigenvalue weighted by Gasteiger charge is 2.38. The van der Waals surface area contributed by atoms with Crippen LogP contribution in [0.25, 0.3) is 0 Å². The third-order valence-corrected chi connectivity index (χ3v) is 6.22. The third-order valence-electron chi connectivity index (χ3n) is 5.15. The number of nitrogens with one attached hydrogen (secondary N) is 1. The van der Waals surface area contributed by atoms with E-state index in [0.717, 1.165) is 56.5 Å². The van der Waals surface area contributed by atoms with Crippen LogP contribution in [-0.4, -0.2) is 40.9 Å². The van der Waals surface area contributed by atoms with E-state index in [0.29, 0.717) is 6.54 Å². The summed E-state index contributed by atoms with van der Waals surface area (Å²) in [5, 5.41) is 11.9. The van der Waals surface area contributed by atoms with E-state index in [9.17, 15) is 14.4 Å².